The molecule has 1 aromatic rings. The van der Waals surface area contributed by atoms with Gasteiger partial charge in [-0.2, -0.15) is 9.97 Å². The van der Waals surface area contributed by atoms with Gasteiger partial charge in [0.05, 0.1) is 0 Å². The summed E-state index contributed by atoms with van der Waals surface area (Å²) in [6, 6.07) is 2.57. The molecule has 4 saturated heterocycles. The van der Waals surface area contributed by atoms with Crippen molar-refractivity contribution >= 4 is 17.6 Å². The van der Waals surface area contributed by atoms with Gasteiger partial charge in [-0.25, -0.2) is 0 Å². The van der Waals surface area contributed by atoms with Crippen molar-refractivity contribution < 1.29 is 0 Å². The Morgan fingerprint density at radius 2 is 1.71 bits per heavy atom. The summed E-state index contributed by atoms with van der Waals surface area (Å²) in [5.41, 5.74) is 6.06. The molecule has 0 aromatic carbocycles. The predicted molar refractivity (Wildman–Crippen MR) is 84.7 cm³/mol. The highest BCUT2D eigenvalue weighted by Crippen LogP contribution is 2.28. The molecular weight excluding hydrogens is 264 g/mol. The first-order chi connectivity index (χ1) is 10.3. The minimum Gasteiger partial charge on any atom is -0.383 e. The minimum atomic E-state index is 0.598. The van der Waals surface area contributed by atoms with E-state index >= 15 is 0 Å². The first-order valence-corrected chi connectivity index (χ1v) is 8.18. The van der Waals surface area contributed by atoms with Crippen molar-refractivity contribution in [2.24, 2.45) is 0 Å². The van der Waals surface area contributed by atoms with Crippen LogP contribution in [-0.4, -0.2) is 60.2 Å². The summed E-state index contributed by atoms with van der Waals surface area (Å²) in [6.07, 6.45) is 4.94. The van der Waals surface area contributed by atoms with Gasteiger partial charge < -0.3 is 20.4 Å². The minimum absolute atomic E-state index is 0.598. The van der Waals surface area contributed by atoms with E-state index in [1.807, 2.05) is 6.07 Å². The second kappa shape index (κ2) is 5.33. The average Bonchev–Trinajstić information content (AvgIpc) is 2.87. The molecule has 0 spiro atoms. The molecule has 6 nitrogen and oxygen atoms in total. The van der Waals surface area contributed by atoms with Gasteiger partial charge in [-0.3, -0.25) is 0 Å². The van der Waals surface area contributed by atoms with E-state index in [-0.39, 0.29) is 0 Å². The van der Waals surface area contributed by atoms with Crippen molar-refractivity contribution in [2.45, 2.75) is 31.7 Å². The fourth-order valence-corrected chi connectivity index (χ4v) is 3.83. The van der Waals surface area contributed by atoms with Gasteiger partial charge >= 0.3 is 0 Å². The number of anilines is 3. The van der Waals surface area contributed by atoms with Crippen LogP contribution in [0.3, 0.4) is 0 Å². The number of piperidine rings is 1. The molecule has 0 radical (unpaired) electrons. The van der Waals surface area contributed by atoms with Crippen molar-refractivity contribution in [3.63, 3.8) is 0 Å². The first-order valence-electron chi connectivity index (χ1n) is 8.18. The van der Waals surface area contributed by atoms with E-state index in [0.717, 1.165) is 37.9 Å². The zero-order valence-electron chi connectivity index (χ0n) is 12.5. The number of nitrogens with two attached hydrogens (primary N) is 1. The van der Waals surface area contributed by atoms with Gasteiger partial charge in [-0.15, -0.1) is 0 Å². The molecule has 0 aliphatic carbocycles. The number of nitrogen functional groups attached to an aromatic ring is 1. The van der Waals surface area contributed by atoms with Gasteiger partial charge in [0.1, 0.15) is 11.6 Å². The van der Waals surface area contributed by atoms with Crippen LogP contribution in [0, 0.1) is 0 Å². The first kappa shape index (κ1) is 13.1. The molecule has 0 atom stereocenters. The van der Waals surface area contributed by atoms with Crippen LogP contribution in [0.5, 0.6) is 0 Å². The summed E-state index contributed by atoms with van der Waals surface area (Å²) in [4.78, 5) is 16.6. The van der Waals surface area contributed by atoms with E-state index in [2.05, 4.69) is 19.7 Å². The molecule has 0 amide bonds. The fraction of sp³-hybridized carbons (Fsp3) is 0.733. The SMILES string of the molecule is Nc1cc(N2CCN3CCC2CC3)nc(N2CCCC2)n1. The molecule has 0 saturated carbocycles. The molecule has 2 bridgehead atoms. The predicted octanol–water partition coefficient (Wildman–Crippen LogP) is 0.943. The summed E-state index contributed by atoms with van der Waals surface area (Å²) < 4.78 is 0. The van der Waals surface area contributed by atoms with Crippen LogP contribution in [0.4, 0.5) is 17.6 Å². The third-order valence-electron chi connectivity index (χ3n) is 5.06. The third kappa shape index (κ3) is 2.52. The Morgan fingerprint density at radius 1 is 0.952 bits per heavy atom. The van der Waals surface area contributed by atoms with Crippen molar-refractivity contribution in [3.8, 4) is 0 Å². The molecule has 4 aliphatic rings. The van der Waals surface area contributed by atoms with Gasteiger partial charge in [-0.05, 0) is 25.7 Å². The molecule has 114 valence electrons. The summed E-state index contributed by atoms with van der Waals surface area (Å²) in [6.45, 7) is 6.75. The molecule has 0 unspecified atom stereocenters. The molecule has 1 aromatic heterocycles. The molecule has 5 rings (SSSR count). The lowest BCUT2D eigenvalue weighted by Gasteiger charge is -2.32. The largest absolute Gasteiger partial charge is 0.383 e. The molecular formula is C15H24N6. The van der Waals surface area contributed by atoms with Gasteiger partial charge in [0.25, 0.3) is 0 Å². The zero-order chi connectivity index (χ0) is 14.2. The van der Waals surface area contributed by atoms with Crippen LogP contribution >= 0.6 is 0 Å². The Morgan fingerprint density at radius 3 is 2.48 bits per heavy atom. The number of fused-ring (bicyclic) bond motifs is 4. The molecule has 4 fully saturated rings. The van der Waals surface area contributed by atoms with E-state index < -0.39 is 0 Å². The van der Waals surface area contributed by atoms with Gasteiger partial charge in [0.2, 0.25) is 5.95 Å². The molecule has 4 aliphatic heterocycles. The van der Waals surface area contributed by atoms with E-state index in [4.69, 9.17) is 10.7 Å². The van der Waals surface area contributed by atoms with Crippen LogP contribution in [0.1, 0.15) is 25.7 Å². The maximum Gasteiger partial charge on any atom is 0.229 e. The van der Waals surface area contributed by atoms with E-state index in [1.54, 1.807) is 0 Å². The highest BCUT2D eigenvalue weighted by atomic mass is 15.3. The average molecular weight is 288 g/mol. The maximum atomic E-state index is 6.06. The Hall–Kier alpha value is -1.56. The molecule has 2 N–H and O–H groups in total. The van der Waals surface area contributed by atoms with Crippen molar-refractivity contribution in [2.75, 3.05) is 54.8 Å². The number of hydrogen-bond donors (Lipinski definition) is 1. The smallest absolute Gasteiger partial charge is 0.229 e. The van der Waals surface area contributed by atoms with Crippen molar-refractivity contribution in [1.82, 2.24) is 14.9 Å². The maximum absolute atomic E-state index is 6.06. The quantitative estimate of drug-likeness (QED) is 0.874. The number of rotatable bonds is 2. The number of nitrogens with zero attached hydrogens (tertiary/aromatic N) is 5. The van der Waals surface area contributed by atoms with Crippen LogP contribution < -0.4 is 15.5 Å². The fourth-order valence-electron chi connectivity index (χ4n) is 3.83. The topological polar surface area (TPSA) is 61.5 Å². The summed E-state index contributed by atoms with van der Waals surface area (Å²) in [5, 5.41) is 0. The molecule has 21 heavy (non-hydrogen) atoms. The Kier molecular flexibility index (Phi) is 3.33. The lowest BCUT2D eigenvalue weighted by Crippen LogP contribution is -2.38. The lowest BCUT2D eigenvalue weighted by atomic mass is 10.1. The number of aromatic nitrogens is 2. The van der Waals surface area contributed by atoms with Crippen LogP contribution in [0.2, 0.25) is 0 Å². The van der Waals surface area contributed by atoms with Crippen molar-refractivity contribution in [3.05, 3.63) is 6.07 Å². The summed E-state index contributed by atoms with van der Waals surface area (Å²) in [7, 11) is 0. The second-order valence-electron chi connectivity index (χ2n) is 6.41. The Balaban J connectivity index is 1.64. The van der Waals surface area contributed by atoms with Crippen LogP contribution in [0.25, 0.3) is 0 Å². The van der Waals surface area contributed by atoms with E-state index in [0.29, 0.717) is 11.9 Å². The van der Waals surface area contributed by atoms with Crippen LogP contribution in [-0.2, 0) is 0 Å². The standard InChI is InChI=1S/C15H24N6/c16-13-11-14(18-15(17-13)20-5-1-2-6-20)21-10-9-19-7-3-12(21)4-8-19/h11-12H,1-10H2,(H2,16,17,18). The van der Waals surface area contributed by atoms with Gasteiger partial charge in [0.15, 0.2) is 0 Å². The van der Waals surface area contributed by atoms with E-state index in [1.165, 1.54) is 38.8 Å². The highest BCUT2D eigenvalue weighted by molar-refractivity contribution is 5.53. The number of hydrogen-bond acceptors (Lipinski definition) is 6. The summed E-state index contributed by atoms with van der Waals surface area (Å²) >= 11 is 0. The highest BCUT2D eigenvalue weighted by Gasteiger charge is 2.30. The Labute approximate surface area is 125 Å². The third-order valence-corrected chi connectivity index (χ3v) is 5.06. The van der Waals surface area contributed by atoms with E-state index in [9.17, 15) is 0 Å². The monoisotopic (exact) mass is 288 g/mol. The van der Waals surface area contributed by atoms with Gasteiger partial charge in [0, 0.05) is 51.4 Å². The van der Waals surface area contributed by atoms with Crippen molar-refractivity contribution in [1.29, 1.82) is 0 Å². The molecule has 6 heteroatoms. The summed E-state index contributed by atoms with van der Waals surface area (Å²) in [5.74, 6) is 2.45. The van der Waals surface area contributed by atoms with Crippen LogP contribution in [0.15, 0.2) is 6.07 Å². The Bertz CT molecular complexity index is 505. The normalized spacial score (nSPS) is 29.0. The molecule has 5 heterocycles. The lowest BCUT2D eigenvalue weighted by molar-refractivity contribution is 0.250. The van der Waals surface area contributed by atoms with Gasteiger partial charge in [-0.1, -0.05) is 0 Å². The second-order valence-corrected chi connectivity index (χ2v) is 6.41. The zero-order valence-corrected chi connectivity index (χ0v) is 12.5.